The van der Waals surface area contributed by atoms with E-state index in [-0.39, 0.29) is 22.1 Å². The van der Waals surface area contributed by atoms with E-state index in [9.17, 15) is 16.8 Å². The van der Waals surface area contributed by atoms with Gasteiger partial charge in [0.1, 0.15) is 10.6 Å². The van der Waals surface area contributed by atoms with Crippen molar-refractivity contribution in [3.8, 4) is 5.75 Å². The first kappa shape index (κ1) is 23.0. The third kappa shape index (κ3) is 5.33. The van der Waals surface area contributed by atoms with Crippen LogP contribution in [0.25, 0.3) is 0 Å². The zero-order valence-corrected chi connectivity index (χ0v) is 19.1. The van der Waals surface area contributed by atoms with Crippen LogP contribution >= 0.6 is 11.6 Å². The van der Waals surface area contributed by atoms with Crippen LogP contribution in [0.2, 0.25) is 5.02 Å². The zero-order chi connectivity index (χ0) is 21.8. The van der Waals surface area contributed by atoms with Crippen LogP contribution in [-0.2, 0) is 26.5 Å². The molecule has 1 N–H and O–H groups in total. The van der Waals surface area contributed by atoms with Crippen LogP contribution in [-0.4, -0.2) is 47.4 Å². The highest BCUT2D eigenvalue weighted by Crippen LogP contribution is 2.27. The Bertz CT molecular complexity index is 1080. The summed E-state index contributed by atoms with van der Waals surface area (Å²) in [6.07, 6.45) is 2.18. The predicted molar refractivity (Wildman–Crippen MR) is 116 cm³/mol. The summed E-state index contributed by atoms with van der Waals surface area (Å²) < 4.78 is 59.9. The SMILES string of the molecule is CCOc1ccc(Cl)cc1S(=O)(=O)NCCc1ccc(S(=O)(=O)N2CCCC2)cc1. The van der Waals surface area contributed by atoms with Gasteiger partial charge in [0.05, 0.1) is 11.5 Å². The molecule has 1 saturated heterocycles. The second-order valence-corrected chi connectivity index (χ2v) is 11.0. The van der Waals surface area contributed by atoms with Gasteiger partial charge in [-0.25, -0.2) is 21.6 Å². The van der Waals surface area contributed by atoms with Crippen LogP contribution < -0.4 is 9.46 Å². The Balaban J connectivity index is 1.64. The molecule has 30 heavy (non-hydrogen) atoms. The number of sulfonamides is 2. The first-order valence-electron chi connectivity index (χ1n) is 9.75. The predicted octanol–water partition coefficient (Wildman–Crippen LogP) is 3.04. The lowest BCUT2D eigenvalue weighted by Crippen LogP contribution is -2.28. The fourth-order valence-electron chi connectivity index (χ4n) is 3.28. The van der Waals surface area contributed by atoms with Crippen molar-refractivity contribution in [1.82, 2.24) is 9.03 Å². The quantitative estimate of drug-likeness (QED) is 0.605. The van der Waals surface area contributed by atoms with E-state index >= 15 is 0 Å². The molecule has 0 spiro atoms. The molecule has 0 radical (unpaired) electrons. The Morgan fingerprint density at radius 3 is 2.33 bits per heavy atom. The van der Waals surface area contributed by atoms with Gasteiger partial charge in [0, 0.05) is 24.7 Å². The van der Waals surface area contributed by atoms with Crippen LogP contribution in [0.15, 0.2) is 52.3 Å². The van der Waals surface area contributed by atoms with Crippen molar-refractivity contribution < 1.29 is 21.6 Å². The number of ether oxygens (including phenoxy) is 1. The van der Waals surface area contributed by atoms with Crippen molar-refractivity contribution in [3.63, 3.8) is 0 Å². The lowest BCUT2D eigenvalue weighted by atomic mass is 10.2. The van der Waals surface area contributed by atoms with Gasteiger partial charge in [-0.1, -0.05) is 23.7 Å². The first-order valence-corrected chi connectivity index (χ1v) is 13.1. The van der Waals surface area contributed by atoms with Crippen LogP contribution in [0.4, 0.5) is 0 Å². The van der Waals surface area contributed by atoms with E-state index in [0.717, 1.165) is 18.4 Å². The van der Waals surface area contributed by atoms with Gasteiger partial charge in [0.25, 0.3) is 0 Å². The first-order chi connectivity index (χ1) is 14.2. The average Bonchev–Trinajstić information content (AvgIpc) is 3.25. The number of nitrogens with one attached hydrogen (secondary N) is 1. The maximum Gasteiger partial charge on any atom is 0.244 e. The van der Waals surface area contributed by atoms with Crippen molar-refractivity contribution >= 4 is 31.6 Å². The minimum atomic E-state index is -3.81. The van der Waals surface area contributed by atoms with E-state index < -0.39 is 20.0 Å². The van der Waals surface area contributed by atoms with Crippen LogP contribution in [0.3, 0.4) is 0 Å². The van der Waals surface area contributed by atoms with Crippen LogP contribution in [0.5, 0.6) is 5.75 Å². The number of hydrogen-bond acceptors (Lipinski definition) is 5. The van der Waals surface area contributed by atoms with Gasteiger partial charge in [0.2, 0.25) is 20.0 Å². The minimum Gasteiger partial charge on any atom is -0.492 e. The molecular formula is C20H25ClN2O5S2. The van der Waals surface area contributed by atoms with E-state index in [4.69, 9.17) is 16.3 Å². The number of halogens is 1. The molecule has 1 fully saturated rings. The number of hydrogen-bond donors (Lipinski definition) is 1. The second-order valence-electron chi connectivity index (χ2n) is 6.93. The summed E-state index contributed by atoms with van der Waals surface area (Å²) in [5, 5.41) is 0.300. The Kier molecular flexibility index (Phi) is 7.41. The second kappa shape index (κ2) is 9.65. The van der Waals surface area contributed by atoms with Gasteiger partial charge in [0.15, 0.2) is 0 Å². The highest BCUT2D eigenvalue weighted by atomic mass is 35.5. The van der Waals surface area contributed by atoms with Crippen molar-refractivity contribution in [2.45, 2.75) is 36.0 Å². The minimum absolute atomic E-state index is 0.0103. The molecule has 0 aliphatic carbocycles. The number of nitrogens with zero attached hydrogens (tertiary/aromatic N) is 1. The largest absolute Gasteiger partial charge is 0.492 e. The average molecular weight is 473 g/mol. The summed E-state index contributed by atoms with van der Waals surface area (Å²) >= 11 is 5.95. The smallest absolute Gasteiger partial charge is 0.244 e. The normalized spacial score (nSPS) is 15.4. The van der Waals surface area contributed by atoms with E-state index in [1.54, 1.807) is 37.3 Å². The molecule has 0 aromatic heterocycles. The third-order valence-corrected chi connectivity index (χ3v) is 8.46. The molecule has 3 rings (SSSR count). The van der Waals surface area contributed by atoms with Crippen molar-refractivity contribution in [3.05, 3.63) is 53.1 Å². The lowest BCUT2D eigenvalue weighted by Gasteiger charge is -2.15. The molecule has 7 nitrogen and oxygen atoms in total. The molecule has 1 aliphatic rings. The molecule has 0 atom stereocenters. The Hall–Kier alpha value is -1.65. The van der Waals surface area contributed by atoms with Gasteiger partial charge in [-0.3, -0.25) is 0 Å². The number of benzene rings is 2. The maximum absolute atomic E-state index is 12.7. The van der Waals surface area contributed by atoms with Gasteiger partial charge in [-0.05, 0) is 62.1 Å². The summed E-state index contributed by atoms with van der Waals surface area (Å²) in [5.41, 5.74) is 0.828. The molecule has 2 aromatic rings. The summed E-state index contributed by atoms with van der Waals surface area (Å²) in [7, 11) is -7.26. The summed E-state index contributed by atoms with van der Waals surface area (Å²) in [5.74, 6) is 0.242. The van der Waals surface area contributed by atoms with Gasteiger partial charge >= 0.3 is 0 Å². The zero-order valence-electron chi connectivity index (χ0n) is 16.7. The molecule has 0 bridgehead atoms. The Labute approximate surface area is 183 Å². The fourth-order valence-corrected chi connectivity index (χ4v) is 6.23. The molecule has 0 unspecified atom stereocenters. The standard InChI is InChI=1S/C20H25ClN2O5S2/c1-2-28-19-10-7-17(21)15-20(19)29(24,25)22-12-11-16-5-8-18(9-6-16)30(26,27)23-13-3-4-14-23/h5-10,15,22H,2-4,11-14H2,1H3. The fraction of sp³-hybridized carbons (Fsp3) is 0.400. The highest BCUT2D eigenvalue weighted by molar-refractivity contribution is 7.89. The molecule has 2 aromatic carbocycles. The third-order valence-electron chi connectivity index (χ3n) is 4.83. The maximum atomic E-state index is 12.7. The van der Waals surface area contributed by atoms with E-state index in [1.807, 2.05) is 0 Å². The molecule has 1 heterocycles. The summed E-state index contributed by atoms with van der Waals surface area (Å²) in [6, 6.07) is 11.0. The van der Waals surface area contributed by atoms with E-state index in [2.05, 4.69) is 4.72 Å². The van der Waals surface area contributed by atoms with E-state index in [1.165, 1.54) is 16.4 Å². The Morgan fingerprint density at radius 2 is 1.70 bits per heavy atom. The van der Waals surface area contributed by atoms with Crippen molar-refractivity contribution in [2.24, 2.45) is 0 Å². The molecule has 1 aliphatic heterocycles. The van der Waals surface area contributed by atoms with E-state index in [0.29, 0.717) is 31.1 Å². The van der Waals surface area contributed by atoms with Gasteiger partial charge < -0.3 is 4.74 Å². The van der Waals surface area contributed by atoms with Crippen LogP contribution in [0, 0.1) is 0 Å². The Morgan fingerprint density at radius 1 is 1.03 bits per heavy atom. The van der Waals surface area contributed by atoms with Gasteiger partial charge in [-0.15, -0.1) is 0 Å². The monoisotopic (exact) mass is 472 g/mol. The highest BCUT2D eigenvalue weighted by Gasteiger charge is 2.27. The molecular weight excluding hydrogens is 448 g/mol. The molecule has 10 heteroatoms. The summed E-state index contributed by atoms with van der Waals surface area (Å²) in [6.45, 7) is 3.36. The van der Waals surface area contributed by atoms with Gasteiger partial charge in [-0.2, -0.15) is 4.31 Å². The molecule has 0 amide bonds. The van der Waals surface area contributed by atoms with Crippen molar-refractivity contribution in [2.75, 3.05) is 26.2 Å². The number of rotatable bonds is 9. The molecule has 0 saturated carbocycles. The topological polar surface area (TPSA) is 92.8 Å². The lowest BCUT2D eigenvalue weighted by molar-refractivity contribution is 0.331. The van der Waals surface area contributed by atoms with Crippen molar-refractivity contribution in [1.29, 1.82) is 0 Å². The summed E-state index contributed by atoms with van der Waals surface area (Å²) in [4.78, 5) is 0.248. The van der Waals surface area contributed by atoms with Crippen LogP contribution in [0.1, 0.15) is 25.3 Å². The molecule has 164 valence electrons.